The Kier molecular flexibility index (Phi) is 3.13. The fourth-order valence-electron chi connectivity index (χ4n) is 2.19. The second-order valence-electron chi connectivity index (χ2n) is 4.67. The summed E-state index contributed by atoms with van der Waals surface area (Å²) in [6.07, 6.45) is 0. The van der Waals surface area contributed by atoms with Crippen molar-refractivity contribution in [3.8, 4) is 0 Å². The van der Waals surface area contributed by atoms with Crippen LogP contribution in [0.25, 0.3) is 0 Å². The van der Waals surface area contributed by atoms with Gasteiger partial charge in [0, 0.05) is 18.3 Å². The summed E-state index contributed by atoms with van der Waals surface area (Å²) in [5.74, 6) is -2.17. The quantitative estimate of drug-likeness (QED) is 0.853. The van der Waals surface area contributed by atoms with Gasteiger partial charge in [-0.05, 0) is 35.9 Å². The summed E-state index contributed by atoms with van der Waals surface area (Å²) >= 11 is 0. The number of fused-ring (bicyclic) bond motifs is 1. The van der Waals surface area contributed by atoms with E-state index in [-0.39, 0.29) is 12.1 Å². The molecule has 2 aromatic rings. The molecule has 0 radical (unpaired) electrons. The Balaban J connectivity index is 1.79. The highest BCUT2D eigenvalue weighted by Gasteiger charge is 2.26. The summed E-state index contributed by atoms with van der Waals surface area (Å²) in [6.45, 7) is 0.197. The van der Waals surface area contributed by atoms with E-state index in [1.165, 1.54) is 24.3 Å². The van der Waals surface area contributed by atoms with Crippen LogP contribution in [0.4, 0.5) is 14.5 Å². The first kappa shape index (κ1) is 13.2. The van der Waals surface area contributed by atoms with E-state index < -0.39 is 23.4 Å². The van der Waals surface area contributed by atoms with Gasteiger partial charge in [-0.1, -0.05) is 0 Å². The van der Waals surface area contributed by atoms with E-state index in [9.17, 15) is 18.4 Å². The predicted molar refractivity (Wildman–Crippen MR) is 71.9 cm³/mol. The van der Waals surface area contributed by atoms with Gasteiger partial charge in [-0.2, -0.15) is 0 Å². The van der Waals surface area contributed by atoms with Crippen LogP contribution in [0.3, 0.4) is 0 Å². The maximum absolute atomic E-state index is 13.1. The Morgan fingerprint density at radius 2 is 1.57 bits per heavy atom. The summed E-state index contributed by atoms with van der Waals surface area (Å²) < 4.78 is 26.1. The van der Waals surface area contributed by atoms with Crippen LogP contribution < -0.4 is 10.6 Å². The molecule has 0 bridgehead atoms. The van der Waals surface area contributed by atoms with Crippen molar-refractivity contribution < 1.29 is 18.4 Å². The zero-order valence-electron chi connectivity index (χ0n) is 10.7. The molecule has 106 valence electrons. The van der Waals surface area contributed by atoms with Crippen LogP contribution in [0.5, 0.6) is 0 Å². The van der Waals surface area contributed by atoms with Crippen LogP contribution in [0.1, 0.15) is 26.3 Å². The van der Waals surface area contributed by atoms with Crippen molar-refractivity contribution in [1.29, 1.82) is 0 Å². The van der Waals surface area contributed by atoms with E-state index in [4.69, 9.17) is 0 Å². The summed E-state index contributed by atoms with van der Waals surface area (Å²) in [7, 11) is 0. The standard InChI is InChI=1S/C15H10F2N2O2/c16-9-3-8(4-10(17)5-9)7-18-11-1-2-12-13(6-11)15(21)19-14(12)20/h1-6,18H,7H2,(H,19,20,21). The first-order valence-corrected chi connectivity index (χ1v) is 6.21. The highest BCUT2D eigenvalue weighted by molar-refractivity contribution is 6.21. The number of rotatable bonds is 3. The Labute approximate surface area is 118 Å². The lowest BCUT2D eigenvalue weighted by Crippen LogP contribution is -2.19. The Hall–Kier alpha value is -2.76. The summed E-state index contributed by atoms with van der Waals surface area (Å²) in [5, 5.41) is 5.15. The van der Waals surface area contributed by atoms with Gasteiger partial charge in [-0.15, -0.1) is 0 Å². The summed E-state index contributed by atoms with van der Waals surface area (Å²) in [4.78, 5) is 22.9. The Bertz CT molecular complexity index is 739. The van der Waals surface area contributed by atoms with Gasteiger partial charge in [-0.3, -0.25) is 14.9 Å². The van der Waals surface area contributed by atoms with Gasteiger partial charge in [0.25, 0.3) is 11.8 Å². The van der Waals surface area contributed by atoms with E-state index in [1.807, 2.05) is 0 Å². The van der Waals surface area contributed by atoms with Crippen molar-refractivity contribution in [3.63, 3.8) is 0 Å². The van der Waals surface area contributed by atoms with Crippen molar-refractivity contribution in [2.75, 3.05) is 5.32 Å². The zero-order chi connectivity index (χ0) is 15.0. The molecule has 0 spiro atoms. The fraction of sp³-hybridized carbons (Fsp3) is 0.0667. The lowest BCUT2D eigenvalue weighted by molar-refractivity contribution is 0.0879. The molecule has 0 saturated carbocycles. The molecule has 0 aromatic heterocycles. The number of hydrogen-bond acceptors (Lipinski definition) is 3. The molecule has 2 N–H and O–H groups in total. The molecule has 6 heteroatoms. The van der Waals surface area contributed by atoms with Crippen LogP contribution in [0.2, 0.25) is 0 Å². The van der Waals surface area contributed by atoms with Gasteiger partial charge in [0.15, 0.2) is 0 Å². The van der Waals surface area contributed by atoms with Crippen molar-refractivity contribution in [1.82, 2.24) is 5.32 Å². The number of amides is 2. The highest BCUT2D eigenvalue weighted by Crippen LogP contribution is 2.21. The molecule has 2 aromatic carbocycles. The Morgan fingerprint density at radius 3 is 2.29 bits per heavy atom. The third kappa shape index (κ3) is 2.60. The molecule has 3 rings (SSSR count). The average molecular weight is 288 g/mol. The number of carbonyl (C=O) groups is 2. The second kappa shape index (κ2) is 4.97. The van der Waals surface area contributed by atoms with Crippen molar-refractivity contribution in [3.05, 3.63) is 64.7 Å². The van der Waals surface area contributed by atoms with E-state index in [1.54, 1.807) is 6.07 Å². The number of anilines is 1. The summed E-state index contributed by atoms with van der Waals surface area (Å²) in [5.41, 5.74) is 1.63. The van der Waals surface area contributed by atoms with E-state index in [0.717, 1.165) is 6.07 Å². The zero-order valence-corrected chi connectivity index (χ0v) is 10.7. The van der Waals surface area contributed by atoms with Crippen LogP contribution in [0, 0.1) is 11.6 Å². The smallest absolute Gasteiger partial charge is 0.259 e. The maximum Gasteiger partial charge on any atom is 0.259 e. The van der Waals surface area contributed by atoms with Gasteiger partial charge in [0.1, 0.15) is 11.6 Å². The first-order chi connectivity index (χ1) is 10.0. The Morgan fingerprint density at radius 1 is 0.905 bits per heavy atom. The minimum Gasteiger partial charge on any atom is -0.381 e. The third-order valence-electron chi connectivity index (χ3n) is 3.15. The number of imide groups is 1. The number of carbonyl (C=O) groups excluding carboxylic acids is 2. The van der Waals surface area contributed by atoms with Crippen LogP contribution >= 0.6 is 0 Å². The van der Waals surface area contributed by atoms with Crippen molar-refractivity contribution in [2.24, 2.45) is 0 Å². The molecule has 2 amide bonds. The minimum absolute atomic E-state index is 0.197. The molecule has 0 fully saturated rings. The maximum atomic E-state index is 13.1. The minimum atomic E-state index is -0.647. The lowest BCUT2D eigenvalue weighted by Gasteiger charge is -2.08. The van der Waals surface area contributed by atoms with Gasteiger partial charge in [-0.25, -0.2) is 8.78 Å². The first-order valence-electron chi connectivity index (χ1n) is 6.21. The molecular formula is C15H10F2N2O2. The molecule has 0 atom stereocenters. The van der Waals surface area contributed by atoms with E-state index in [2.05, 4.69) is 10.6 Å². The molecule has 0 saturated heterocycles. The van der Waals surface area contributed by atoms with Crippen LogP contribution in [-0.4, -0.2) is 11.8 Å². The van der Waals surface area contributed by atoms with Gasteiger partial charge < -0.3 is 5.32 Å². The molecule has 1 aliphatic rings. The number of halogens is 2. The van der Waals surface area contributed by atoms with Crippen molar-refractivity contribution in [2.45, 2.75) is 6.54 Å². The second-order valence-corrected chi connectivity index (χ2v) is 4.67. The topological polar surface area (TPSA) is 58.2 Å². The summed E-state index contributed by atoms with van der Waals surface area (Å²) in [6, 6.07) is 7.94. The molecule has 0 aliphatic carbocycles. The number of nitrogens with one attached hydrogen (secondary N) is 2. The van der Waals surface area contributed by atoms with Crippen LogP contribution in [0.15, 0.2) is 36.4 Å². The van der Waals surface area contributed by atoms with E-state index in [0.29, 0.717) is 16.8 Å². The van der Waals surface area contributed by atoms with Gasteiger partial charge in [0.2, 0.25) is 0 Å². The monoisotopic (exact) mass is 288 g/mol. The molecule has 0 unspecified atom stereocenters. The van der Waals surface area contributed by atoms with Gasteiger partial charge >= 0.3 is 0 Å². The fourth-order valence-corrected chi connectivity index (χ4v) is 2.19. The van der Waals surface area contributed by atoms with Crippen LogP contribution in [-0.2, 0) is 6.54 Å². The molecule has 1 aliphatic heterocycles. The van der Waals surface area contributed by atoms with E-state index >= 15 is 0 Å². The number of hydrogen-bond donors (Lipinski definition) is 2. The normalized spacial score (nSPS) is 13.0. The highest BCUT2D eigenvalue weighted by atomic mass is 19.1. The predicted octanol–water partition coefficient (Wildman–Crippen LogP) is 2.46. The number of benzene rings is 2. The molecule has 21 heavy (non-hydrogen) atoms. The van der Waals surface area contributed by atoms with Crippen molar-refractivity contribution >= 4 is 17.5 Å². The SMILES string of the molecule is O=C1NC(=O)c2cc(NCc3cc(F)cc(F)c3)ccc21. The largest absolute Gasteiger partial charge is 0.381 e. The molecule has 4 nitrogen and oxygen atoms in total. The van der Waals surface area contributed by atoms with Gasteiger partial charge in [0.05, 0.1) is 11.1 Å². The molecular weight excluding hydrogens is 278 g/mol. The molecule has 1 heterocycles. The lowest BCUT2D eigenvalue weighted by atomic mass is 10.1. The third-order valence-corrected chi connectivity index (χ3v) is 3.15. The average Bonchev–Trinajstić information content (AvgIpc) is 2.70.